The number of benzene rings is 1. The molecule has 25 heavy (non-hydrogen) atoms. The Morgan fingerprint density at radius 3 is 2.64 bits per heavy atom. The Bertz CT molecular complexity index is 899. The number of aryl methyl sites for hydroxylation is 1. The molecule has 0 atom stereocenters. The molecule has 0 aliphatic carbocycles. The zero-order chi connectivity index (χ0) is 18.4. The van der Waals surface area contributed by atoms with Crippen molar-refractivity contribution in [2.45, 2.75) is 32.6 Å². The van der Waals surface area contributed by atoms with Crippen LogP contribution in [0.4, 0.5) is 14.5 Å². The van der Waals surface area contributed by atoms with Crippen molar-refractivity contribution in [3.05, 3.63) is 35.7 Å². The third-order valence-corrected chi connectivity index (χ3v) is 3.76. The molecule has 2 aromatic rings. The molecule has 1 aliphatic heterocycles. The number of ether oxygens (including phenoxy) is 2. The molecule has 1 N–H and O–H groups in total. The van der Waals surface area contributed by atoms with Crippen molar-refractivity contribution in [3.8, 4) is 17.6 Å². The van der Waals surface area contributed by atoms with Gasteiger partial charge in [0.1, 0.15) is 11.6 Å². The molecule has 0 saturated heterocycles. The number of aromatic nitrogens is 2. The van der Waals surface area contributed by atoms with Gasteiger partial charge >= 0.3 is 6.29 Å². The van der Waals surface area contributed by atoms with Crippen LogP contribution >= 0.6 is 0 Å². The van der Waals surface area contributed by atoms with Crippen molar-refractivity contribution in [2.75, 3.05) is 5.32 Å². The van der Waals surface area contributed by atoms with Crippen LogP contribution in [-0.4, -0.2) is 22.0 Å². The van der Waals surface area contributed by atoms with E-state index in [9.17, 15) is 13.6 Å². The lowest BCUT2D eigenvalue weighted by Gasteiger charge is -2.24. The lowest BCUT2D eigenvalue weighted by molar-refractivity contribution is -0.286. The SMILES string of the molecule is Cc1cnn(C(C)(C)C(=O)Nc2ccc(C#N)c3c2OC(F)(F)O3)c1. The molecule has 2 heterocycles. The highest BCUT2D eigenvalue weighted by molar-refractivity contribution is 5.98. The second-order valence-electron chi connectivity index (χ2n) is 6.07. The van der Waals surface area contributed by atoms with Crippen LogP contribution in [0.3, 0.4) is 0 Å². The first-order valence-corrected chi connectivity index (χ1v) is 7.30. The molecular formula is C16H14F2N4O3. The standard InChI is InChI=1S/C16H14F2N4O3/c1-9-7-20-22(8-9)15(2,3)14(23)21-11-5-4-10(6-19)12-13(11)25-16(17,18)24-12/h4-5,7-8H,1-3H3,(H,21,23). The van der Waals surface area contributed by atoms with Crippen LogP contribution in [-0.2, 0) is 10.3 Å². The van der Waals surface area contributed by atoms with E-state index in [1.54, 1.807) is 32.3 Å². The summed E-state index contributed by atoms with van der Waals surface area (Å²) in [6.45, 7) is 5.09. The van der Waals surface area contributed by atoms with Gasteiger partial charge in [0.15, 0.2) is 11.5 Å². The van der Waals surface area contributed by atoms with Crippen molar-refractivity contribution in [1.82, 2.24) is 9.78 Å². The van der Waals surface area contributed by atoms with E-state index in [2.05, 4.69) is 19.9 Å². The lowest BCUT2D eigenvalue weighted by atomic mass is 10.0. The minimum absolute atomic E-state index is 0.0203. The Labute approximate surface area is 141 Å². The molecule has 130 valence electrons. The van der Waals surface area contributed by atoms with Crippen LogP contribution < -0.4 is 14.8 Å². The van der Waals surface area contributed by atoms with Crippen LogP contribution in [0.25, 0.3) is 0 Å². The smallest absolute Gasteiger partial charge is 0.394 e. The van der Waals surface area contributed by atoms with Crippen LogP contribution in [0, 0.1) is 18.3 Å². The molecule has 9 heteroatoms. The minimum Gasteiger partial charge on any atom is -0.394 e. The zero-order valence-electron chi connectivity index (χ0n) is 13.6. The van der Waals surface area contributed by atoms with Crippen LogP contribution in [0.15, 0.2) is 24.5 Å². The molecule has 1 aromatic heterocycles. The monoisotopic (exact) mass is 348 g/mol. The maximum atomic E-state index is 13.4. The molecule has 1 aliphatic rings. The van der Waals surface area contributed by atoms with Gasteiger partial charge in [0.2, 0.25) is 0 Å². The number of nitriles is 1. The summed E-state index contributed by atoms with van der Waals surface area (Å²) in [6.07, 6.45) is -0.605. The van der Waals surface area contributed by atoms with E-state index >= 15 is 0 Å². The number of nitrogens with one attached hydrogen (secondary N) is 1. The second-order valence-corrected chi connectivity index (χ2v) is 6.07. The van der Waals surface area contributed by atoms with Gasteiger partial charge in [0.05, 0.1) is 17.4 Å². The predicted molar refractivity (Wildman–Crippen MR) is 82.3 cm³/mol. The molecule has 1 aromatic carbocycles. The number of fused-ring (bicyclic) bond motifs is 1. The number of rotatable bonds is 3. The summed E-state index contributed by atoms with van der Waals surface area (Å²) in [5, 5.41) is 15.6. The van der Waals surface area contributed by atoms with Gasteiger partial charge in [0.25, 0.3) is 5.91 Å². The first-order valence-electron chi connectivity index (χ1n) is 7.30. The predicted octanol–water partition coefficient (Wildman–Crippen LogP) is 2.76. The molecule has 0 fully saturated rings. The van der Waals surface area contributed by atoms with Crippen LogP contribution in [0.2, 0.25) is 0 Å². The van der Waals surface area contributed by atoms with Gasteiger partial charge in [-0.15, -0.1) is 8.78 Å². The van der Waals surface area contributed by atoms with Crippen molar-refractivity contribution in [3.63, 3.8) is 0 Å². The molecule has 0 radical (unpaired) electrons. The lowest BCUT2D eigenvalue weighted by Crippen LogP contribution is -2.40. The molecular weight excluding hydrogens is 334 g/mol. The number of carbonyl (C=O) groups excluding carboxylic acids is 1. The summed E-state index contributed by atoms with van der Waals surface area (Å²) in [5.41, 5.74) is -0.353. The number of hydrogen-bond acceptors (Lipinski definition) is 5. The molecule has 7 nitrogen and oxygen atoms in total. The molecule has 1 amide bonds. The van der Waals surface area contributed by atoms with E-state index in [1.807, 2.05) is 6.92 Å². The van der Waals surface area contributed by atoms with E-state index in [-0.39, 0.29) is 17.0 Å². The van der Waals surface area contributed by atoms with E-state index in [0.717, 1.165) is 5.56 Å². The maximum absolute atomic E-state index is 13.4. The van der Waals surface area contributed by atoms with Crippen LogP contribution in [0.5, 0.6) is 11.5 Å². The number of hydrogen-bond donors (Lipinski definition) is 1. The third-order valence-electron chi connectivity index (χ3n) is 3.76. The number of halogens is 2. The fraction of sp³-hybridized carbons (Fsp3) is 0.312. The average molecular weight is 348 g/mol. The summed E-state index contributed by atoms with van der Waals surface area (Å²) < 4.78 is 37.1. The molecule has 0 unspecified atom stereocenters. The highest BCUT2D eigenvalue weighted by Crippen LogP contribution is 2.48. The number of nitrogens with zero attached hydrogens (tertiary/aromatic N) is 3. The third kappa shape index (κ3) is 2.87. The second kappa shape index (κ2) is 5.44. The van der Waals surface area contributed by atoms with Gasteiger partial charge in [-0.3, -0.25) is 9.48 Å². The Hall–Kier alpha value is -3.15. The summed E-state index contributed by atoms with van der Waals surface area (Å²) in [4.78, 5) is 12.6. The van der Waals surface area contributed by atoms with Crippen molar-refractivity contribution in [2.24, 2.45) is 0 Å². The van der Waals surface area contributed by atoms with Crippen molar-refractivity contribution >= 4 is 11.6 Å². The molecule has 3 rings (SSSR count). The summed E-state index contributed by atoms with van der Waals surface area (Å²) in [5.74, 6) is -1.29. The van der Waals surface area contributed by atoms with E-state index in [1.165, 1.54) is 16.8 Å². The fourth-order valence-corrected chi connectivity index (χ4v) is 2.31. The Morgan fingerprint density at radius 2 is 2.04 bits per heavy atom. The quantitative estimate of drug-likeness (QED) is 0.921. The molecule has 0 saturated carbocycles. The van der Waals surface area contributed by atoms with E-state index in [4.69, 9.17) is 5.26 Å². The maximum Gasteiger partial charge on any atom is 0.586 e. The Kier molecular flexibility index (Phi) is 3.64. The van der Waals surface area contributed by atoms with Gasteiger partial charge in [-0.25, -0.2) is 0 Å². The first-order chi connectivity index (χ1) is 11.6. The highest BCUT2D eigenvalue weighted by Gasteiger charge is 2.46. The summed E-state index contributed by atoms with van der Waals surface area (Å²) in [6, 6.07) is 4.32. The van der Waals surface area contributed by atoms with Crippen molar-refractivity contribution in [1.29, 1.82) is 5.26 Å². The number of carbonyl (C=O) groups is 1. The Morgan fingerprint density at radius 1 is 1.36 bits per heavy atom. The molecule has 0 bridgehead atoms. The van der Waals surface area contributed by atoms with Gasteiger partial charge in [-0.2, -0.15) is 10.4 Å². The van der Waals surface area contributed by atoms with E-state index < -0.39 is 23.5 Å². The van der Waals surface area contributed by atoms with Crippen molar-refractivity contribution < 1.29 is 23.0 Å². The largest absolute Gasteiger partial charge is 0.586 e. The van der Waals surface area contributed by atoms with Gasteiger partial charge < -0.3 is 14.8 Å². The normalized spacial score (nSPS) is 14.9. The van der Waals surface area contributed by atoms with Gasteiger partial charge in [0, 0.05) is 6.20 Å². The number of alkyl halides is 2. The topological polar surface area (TPSA) is 89.2 Å². The zero-order valence-corrected chi connectivity index (χ0v) is 13.6. The highest BCUT2D eigenvalue weighted by atomic mass is 19.3. The summed E-state index contributed by atoms with van der Waals surface area (Å²) >= 11 is 0. The summed E-state index contributed by atoms with van der Waals surface area (Å²) in [7, 11) is 0. The number of anilines is 1. The Balaban J connectivity index is 1.93. The fourth-order valence-electron chi connectivity index (χ4n) is 2.31. The van der Waals surface area contributed by atoms with Gasteiger partial charge in [-0.1, -0.05) is 0 Å². The van der Waals surface area contributed by atoms with Crippen LogP contribution in [0.1, 0.15) is 25.0 Å². The first kappa shape index (κ1) is 16.7. The average Bonchev–Trinajstić information content (AvgIpc) is 3.10. The minimum atomic E-state index is -3.90. The number of amides is 1. The molecule has 0 spiro atoms. The van der Waals surface area contributed by atoms with Gasteiger partial charge in [-0.05, 0) is 38.5 Å². The van der Waals surface area contributed by atoms with E-state index in [0.29, 0.717) is 0 Å².